The van der Waals surface area contributed by atoms with Crippen molar-refractivity contribution in [1.29, 1.82) is 0 Å². The van der Waals surface area contributed by atoms with E-state index >= 15 is 0 Å². The zero-order valence-corrected chi connectivity index (χ0v) is 16.2. The number of alkyl halides is 2. The normalized spacial score (nSPS) is 13.2. The average Bonchev–Trinajstić information content (AvgIpc) is 2.60. The quantitative estimate of drug-likeness (QED) is 0.229. The Bertz CT molecular complexity index is 548. The van der Waals surface area contributed by atoms with Crippen LogP contribution in [-0.4, -0.2) is 44.2 Å². The lowest BCUT2D eigenvalue weighted by Gasteiger charge is -2.40. The molecule has 0 unspecified atom stereocenters. The third-order valence-corrected chi connectivity index (χ3v) is 4.52. The lowest BCUT2D eigenvalue weighted by Crippen LogP contribution is -2.39. The van der Waals surface area contributed by atoms with Gasteiger partial charge in [0.15, 0.2) is 4.61 Å². The van der Waals surface area contributed by atoms with Gasteiger partial charge in [0.2, 0.25) is 0 Å². The minimum atomic E-state index is -3.54. The molecule has 0 spiro atoms. The molecule has 0 saturated heterocycles. The number of benzene rings is 1. The Balaban J connectivity index is 2.40. The Morgan fingerprint density at radius 2 is 1.80 bits per heavy atom. The lowest BCUT2D eigenvalue weighted by molar-refractivity contribution is -0.830. The number of ether oxygens (including phenoxy) is 3. The van der Waals surface area contributed by atoms with Crippen LogP contribution in [-0.2, 0) is 16.1 Å². The van der Waals surface area contributed by atoms with Gasteiger partial charge in [-0.2, -0.15) is 8.78 Å². The second kappa shape index (κ2) is 10.2. The molecule has 0 aliphatic carbocycles. The predicted octanol–water partition coefficient (Wildman–Crippen LogP) is 4.41. The van der Waals surface area contributed by atoms with Crippen LogP contribution in [0.4, 0.5) is 8.78 Å². The predicted molar refractivity (Wildman–Crippen MR) is 95.3 cm³/mol. The van der Waals surface area contributed by atoms with Crippen LogP contribution >= 0.6 is 15.9 Å². The van der Waals surface area contributed by atoms with Gasteiger partial charge in [-0.1, -0.05) is 12.1 Å². The van der Waals surface area contributed by atoms with E-state index in [-0.39, 0.29) is 37.5 Å². The third kappa shape index (κ3) is 7.37. The minimum Gasteiger partial charge on any atom is -0.627 e. The molecule has 0 saturated carbocycles. The Morgan fingerprint density at radius 3 is 2.32 bits per heavy atom. The van der Waals surface area contributed by atoms with Crippen molar-refractivity contribution in [3.05, 3.63) is 45.7 Å². The van der Waals surface area contributed by atoms with Crippen LogP contribution < -0.4 is 4.74 Å². The van der Waals surface area contributed by atoms with Gasteiger partial charge in [0.05, 0.1) is 46.1 Å². The molecule has 1 aromatic carbocycles. The van der Waals surface area contributed by atoms with Crippen molar-refractivity contribution >= 4 is 15.9 Å². The molecule has 1 aromatic rings. The van der Waals surface area contributed by atoms with Gasteiger partial charge in [0.25, 0.3) is 0 Å². The van der Waals surface area contributed by atoms with Crippen molar-refractivity contribution in [1.82, 2.24) is 0 Å². The highest BCUT2D eigenvalue weighted by atomic mass is 79.9. The second-order valence-corrected chi connectivity index (χ2v) is 6.11. The molecule has 5 nitrogen and oxygen atoms in total. The Morgan fingerprint density at radius 1 is 1.20 bits per heavy atom. The standard InChI is InChI=1S/C17H24BrF2NO4/c1-4-21(22,5-2)16(18)12-17(19,20)25-11-10-24-13-14-6-8-15(23-3)9-7-14/h6-9,12H,4-5,10-11,13H2,1-3H3/b16-12+. The molecule has 1 rings (SSSR count). The van der Waals surface area contributed by atoms with Crippen molar-refractivity contribution in [3.63, 3.8) is 0 Å². The first-order valence-corrected chi connectivity index (χ1v) is 8.75. The number of hydrogen-bond donors (Lipinski definition) is 0. The Labute approximate surface area is 155 Å². The van der Waals surface area contributed by atoms with Gasteiger partial charge in [0, 0.05) is 15.9 Å². The van der Waals surface area contributed by atoms with Gasteiger partial charge in [-0.25, -0.2) is 0 Å². The van der Waals surface area contributed by atoms with Gasteiger partial charge < -0.3 is 24.1 Å². The molecule has 0 aliphatic heterocycles. The number of nitrogens with zero attached hydrogens (tertiary/aromatic N) is 1. The van der Waals surface area contributed by atoms with Gasteiger partial charge >= 0.3 is 6.11 Å². The number of hydroxylamine groups is 3. The van der Waals surface area contributed by atoms with E-state index in [0.29, 0.717) is 6.08 Å². The molecule has 0 radical (unpaired) electrons. The summed E-state index contributed by atoms with van der Waals surface area (Å²) in [7, 11) is 1.58. The fourth-order valence-electron chi connectivity index (χ4n) is 1.97. The molecule has 0 fully saturated rings. The number of halogens is 3. The average molecular weight is 424 g/mol. The smallest absolute Gasteiger partial charge is 0.383 e. The first-order valence-electron chi connectivity index (χ1n) is 7.95. The third-order valence-electron chi connectivity index (χ3n) is 3.65. The summed E-state index contributed by atoms with van der Waals surface area (Å²) in [5.74, 6) is 0.732. The monoisotopic (exact) mass is 423 g/mol. The summed E-state index contributed by atoms with van der Waals surface area (Å²) in [5.41, 5.74) is 0.898. The van der Waals surface area contributed by atoms with E-state index in [1.54, 1.807) is 33.1 Å². The zero-order chi connectivity index (χ0) is 18.9. The van der Waals surface area contributed by atoms with Crippen molar-refractivity contribution < 1.29 is 27.6 Å². The van der Waals surface area contributed by atoms with Crippen LogP contribution in [0, 0.1) is 5.21 Å². The molecule has 25 heavy (non-hydrogen) atoms. The van der Waals surface area contributed by atoms with Crippen LogP contribution in [0.5, 0.6) is 5.75 Å². The molecule has 0 aromatic heterocycles. The van der Waals surface area contributed by atoms with E-state index in [0.717, 1.165) is 11.3 Å². The van der Waals surface area contributed by atoms with Crippen LogP contribution in [0.1, 0.15) is 19.4 Å². The zero-order valence-electron chi connectivity index (χ0n) is 14.6. The molecule has 0 N–H and O–H groups in total. The maximum atomic E-state index is 13.8. The van der Waals surface area contributed by atoms with Crippen LogP contribution in [0.2, 0.25) is 0 Å². The van der Waals surface area contributed by atoms with Crippen molar-refractivity contribution in [2.45, 2.75) is 26.6 Å². The van der Waals surface area contributed by atoms with E-state index in [9.17, 15) is 14.0 Å². The largest absolute Gasteiger partial charge is 0.627 e. The summed E-state index contributed by atoms with van der Waals surface area (Å²) in [5, 5.41) is 12.2. The van der Waals surface area contributed by atoms with Crippen LogP contribution in [0.15, 0.2) is 34.9 Å². The molecule has 0 heterocycles. The molecule has 8 heteroatoms. The van der Waals surface area contributed by atoms with Gasteiger partial charge in [-0.15, -0.1) is 0 Å². The summed E-state index contributed by atoms with van der Waals surface area (Å²) in [6.07, 6.45) is -3.03. The topological polar surface area (TPSA) is 50.8 Å². The molecular formula is C17H24BrF2NO4. The van der Waals surface area contributed by atoms with E-state index in [2.05, 4.69) is 20.7 Å². The second-order valence-electron chi connectivity index (χ2n) is 5.30. The van der Waals surface area contributed by atoms with E-state index in [1.165, 1.54) is 0 Å². The fourth-order valence-corrected chi connectivity index (χ4v) is 2.74. The SMILES string of the molecule is CC[N+]([O-])(CC)/C(Br)=C/C(F)(F)OCCOCc1ccc(OC)cc1. The lowest BCUT2D eigenvalue weighted by atomic mass is 10.2. The molecule has 0 bridgehead atoms. The fraction of sp³-hybridized carbons (Fsp3) is 0.529. The summed E-state index contributed by atoms with van der Waals surface area (Å²) in [4.78, 5) is 0. The summed E-state index contributed by atoms with van der Waals surface area (Å²) < 4.78 is 41.4. The minimum absolute atomic E-state index is 0.00596. The highest BCUT2D eigenvalue weighted by Gasteiger charge is 2.31. The van der Waals surface area contributed by atoms with E-state index < -0.39 is 10.8 Å². The number of rotatable bonds is 11. The summed E-state index contributed by atoms with van der Waals surface area (Å²) >= 11 is 2.94. The Hall–Kier alpha value is -1.06. The highest BCUT2D eigenvalue weighted by Crippen LogP contribution is 2.28. The summed E-state index contributed by atoms with van der Waals surface area (Å²) in [6, 6.07) is 7.24. The van der Waals surface area contributed by atoms with Crippen molar-refractivity contribution in [2.24, 2.45) is 0 Å². The van der Waals surface area contributed by atoms with Gasteiger partial charge in [-0.3, -0.25) is 0 Å². The molecule has 0 amide bonds. The first kappa shape index (κ1) is 22.0. The van der Waals surface area contributed by atoms with Gasteiger partial charge in [-0.05, 0) is 31.5 Å². The highest BCUT2D eigenvalue weighted by molar-refractivity contribution is 9.11. The number of hydrogen-bond acceptors (Lipinski definition) is 4. The van der Waals surface area contributed by atoms with Gasteiger partial charge in [0.1, 0.15) is 5.75 Å². The molecule has 0 aliphatic rings. The van der Waals surface area contributed by atoms with E-state index in [1.807, 2.05) is 12.1 Å². The maximum Gasteiger partial charge on any atom is 0.383 e. The van der Waals surface area contributed by atoms with Crippen LogP contribution in [0.3, 0.4) is 0 Å². The van der Waals surface area contributed by atoms with Crippen LogP contribution in [0.25, 0.3) is 0 Å². The molecule has 142 valence electrons. The number of quaternary nitrogens is 1. The first-order chi connectivity index (χ1) is 11.8. The van der Waals surface area contributed by atoms with Crippen molar-refractivity contribution in [2.75, 3.05) is 33.4 Å². The maximum absolute atomic E-state index is 13.8. The number of methoxy groups -OCH3 is 1. The Kier molecular flexibility index (Phi) is 8.95. The molecule has 0 atom stereocenters. The van der Waals surface area contributed by atoms with E-state index in [4.69, 9.17) is 9.47 Å². The van der Waals surface area contributed by atoms with Crippen molar-refractivity contribution in [3.8, 4) is 5.75 Å². The molecular weight excluding hydrogens is 400 g/mol. The summed E-state index contributed by atoms with van der Waals surface area (Å²) in [6.45, 7) is 3.56.